The maximum Gasteiger partial charge on any atom is 0.338 e. The van der Waals surface area contributed by atoms with Crippen LogP contribution in [-0.4, -0.2) is 38.9 Å². The van der Waals surface area contributed by atoms with E-state index >= 15 is 0 Å². The largest absolute Gasteiger partial charge is 0.462 e. The first-order valence-electron chi connectivity index (χ1n) is 8.37. The van der Waals surface area contributed by atoms with E-state index in [4.69, 9.17) is 14.2 Å². The van der Waals surface area contributed by atoms with Crippen molar-refractivity contribution in [2.24, 2.45) is 11.8 Å². The van der Waals surface area contributed by atoms with Gasteiger partial charge in [0.15, 0.2) is 0 Å². The van der Waals surface area contributed by atoms with Crippen molar-refractivity contribution in [3.63, 3.8) is 0 Å². The molecule has 0 fully saturated rings. The zero-order chi connectivity index (χ0) is 17.9. The van der Waals surface area contributed by atoms with Crippen molar-refractivity contribution >= 4 is 11.9 Å². The number of ether oxygens (including phenoxy) is 3. The molecular formula is C19H28O5. The van der Waals surface area contributed by atoms with Gasteiger partial charge in [0.1, 0.15) is 0 Å². The molecule has 0 aliphatic carbocycles. The number of rotatable bonds is 10. The third-order valence-corrected chi connectivity index (χ3v) is 3.56. The van der Waals surface area contributed by atoms with E-state index in [0.717, 1.165) is 12.8 Å². The first-order chi connectivity index (χ1) is 11.4. The summed E-state index contributed by atoms with van der Waals surface area (Å²) in [6.07, 6.45) is 1.75. The fourth-order valence-corrected chi connectivity index (χ4v) is 1.97. The van der Waals surface area contributed by atoms with Gasteiger partial charge in [0, 0.05) is 13.7 Å². The quantitative estimate of drug-likeness (QED) is 0.609. The van der Waals surface area contributed by atoms with E-state index in [1.54, 1.807) is 31.4 Å². The SMILES string of the molecule is COCCC(C)CCOC(=O)c1ccc(C(=O)OCC(C)C)cc1. The number of hydrogen-bond acceptors (Lipinski definition) is 5. The summed E-state index contributed by atoms with van der Waals surface area (Å²) in [6, 6.07) is 6.34. The number of benzene rings is 1. The van der Waals surface area contributed by atoms with Gasteiger partial charge in [-0.25, -0.2) is 9.59 Å². The summed E-state index contributed by atoms with van der Waals surface area (Å²) in [7, 11) is 1.68. The molecule has 5 nitrogen and oxygen atoms in total. The van der Waals surface area contributed by atoms with Crippen molar-refractivity contribution in [1.29, 1.82) is 0 Å². The summed E-state index contributed by atoms with van der Waals surface area (Å²) in [6.45, 7) is 7.52. The van der Waals surface area contributed by atoms with Crippen LogP contribution < -0.4 is 0 Å². The van der Waals surface area contributed by atoms with Crippen molar-refractivity contribution < 1.29 is 23.8 Å². The summed E-state index contributed by atoms with van der Waals surface area (Å²) in [4.78, 5) is 23.8. The lowest BCUT2D eigenvalue weighted by atomic mass is 10.1. The van der Waals surface area contributed by atoms with Crippen molar-refractivity contribution in [3.8, 4) is 0 Å². The number of carbonyl (C=O) groups is 2. The van der Waals surface area contributed by atoms with E-state index in [9.17, 15) is 9.59 Å². The van der Waals surface area contributed by atoms with E-state index in [1.165, 1.54) is 0 Å². The number of esters is 2. The predicted molar refractivity (Wildman–Crippen MR) is 92.1 cm³/mol. The number of hydrogen-bond donors (Lipinski definition) is 0. The van der Waals surface area contributed by atoms with Crippen molar-refractivity contribution in [2.45, 2.75) is 33.6 Å². The fraction of sp³-hybridized carbons (Fsp3) is 0.579. The van der Waals surface area contributed by atoms with Crippen LogP contribution in [0.1, 0.15) is 54.3 Å². The summed E-state index contributed by atoms with van der Waals surface area (Å²) in [5.74, 6) is -0.0306. The van der Waals surface area contributed by atoms with Crippen LogP contribution in [0.4, 0.5) is 0 Å². The van der Waals surface area contributed by atoms with Crippen LogP contribution in [0, 0.1) is 11.8 Å². The first-order valence-corrected chi connectivity index (χ1v) is 8.37. The van der Waals surface area contributed by atoms with Crippen molar-refractivity contribution in [3.05, 3.63) is 35.4 Å². The monoisotopic (exact) mass is 336 g/mol. The van der Waals surface area contributed by atoms with Crippen LogP contribution in [0.2, 0.25) is 0 Å². The Kier molecular flexibility index (Phi) is 9.08. The Hall–Kier alpha value is -1.88. The van der Waals surface area contributed by atoms with Gasteiger partial charge in [0.25, 0.3) is 0 Å². The second kappa shape index (κ2) is 10.8. The average Bonchev–Trinajstić information content (AvgIpc) is 2.57. The molecule has 0 saturated heterocycles. The van der Waals surface area contributed by atoms with E-state index < -0.39 is 0 Å². The molecule has 0 bridgehead atoms. The predicted octanol–water partition coefficient (Wildman–Crippen LogP) is 3.72. The Morgan fingerprint density at radius 2 is 1.38 bits per heavy atom. The smallest absolute Gasteiger partial charge is 0.338 e. The highest BCUT2D eigenvalue weighted by Gasteiger charge is 2.12. The molecule has 5 heteroatoms. The second-order valence-corrected chi connectivity index (χ2v) is 6.38. The molecule has 134 valence electrons. The van der Waals surface area contributed by atoms with Gasteiger partial charge >= 0.3 is 11.9 Å². The number of carbonyl (C=O) groups excluding carboxylic acids is 2. The highest BCUT2D eigenvalue weighted by atomic mass is 16.5. The van der Waals surface area contributed by atoms with Crippen LogP contribution in [-0.2, 0) is 14.2 Å². The van der Waals surface area contributed by atoms with Gasteiger partial charge in [-0.1, -0.05) is 20.8 Å². The third-order valence-electron chi connectivity index (χ3n) is 3.56. The Labute approximate surface area is 144 Å². The molecule has 0 spiro atoms. The highest BCUT2D eigenvalue weighted by Crippen LogP contribution is 2.11. The lowest BCUT2D eigenvalue weighted by molar-refractivity contribution is 0.0451. The van der Waals surface area contributed by atoms with Crippen LogP contribution in [0.25, 0.3) is 0 Å². The molecule has 1 aromatic rings. The fourth-order valence-electron chi connectivity index (χ4n) is 1.97. The van der Waals surface area contributed by atoms with E-state index in [2.05, 4.69) is 6.92 Å². The maximum absolute atomic E-state index is 12.0. The summed E-state index contributed by atoms with van der Waals surface area (Å²) in [5.41, 5.74) is 0.861. The molecule has 0 N–H and O–H groups in total. The Morgan fingerprint density at radius 3 is 1.88 bits per heavy atom. The summed E-state index contributed by atoms with van der Waals surface area (Å²) < 4.78 is 15.4. The van der Waals surface area contributed by atoms with E-state index in [-0.39, 0.29) is 17.9 Å². The molecule has 1 aromatic carbocycles. The molecular weight excluding hydrogens is 308 g/mol. The standard InChI is InChI=1S/C19H28O5/c1-14(2)13-24-19(21)17-7-5-16(6-8-17)18(20)23-12-10-15(3)9-11-22-4/h5-8,14-15H,9-13H2,1-4H3. The lowest BCUT2D eigenvalue weighted by Gasteiger charge is -2.11. The van der Waals surface area contributed by atoms with Gasteiger partial charge in [-0.2, -0.15) is 0 Å². The lowest BCUT2D eigenvalue weighted by Crippen LogP contribution is -2.12. The van der Waals surface area contributed by atoms with Gasteiger partial charge in [0.05, 0.1) is 24.3 Å². The van der Waals surface area contributed by atoms with Gasteiger partial charge in [-0.05, 0) is 48.9 Å². The number of methoxy groups -OCH3 is 1. The molecule has 0 aromatic heterocycles. The van der Waals surface area contributed by atoms with Crippen LogP contribution in [0.3, 0.4) is 0 Å². The zero-order valence-corrected chi connectivity index (χ0v) is 15.0. The van der Waals surface area contributed by atoms with E-state index in [1.807, 2.05) is 13.8 Å². The van der Waals surface area contributed by atoms with E-state index in [0.29, 0.717) is 36.9 Å². The molecule has 1 unspecified atom stereocenters. The topological polar surface area (TPSA) is 61.8 Å². The normalized spacial score (nSPS) is 12.0. The van der Waals surface area contributed by atoms with Crippen LogP contribution >= 0.6 is 0 Å². The first kappa shape index (κ1) is 20.2. The molecule has 0 heterocycles. The van der Waals surface area contributed by atoms with Crippen LogP contribution in [0.15, 0.2) is 24.3 Å². The molecule has 0 radical (unpaired) electrons. The second-order valence-electron chi connectivity index (χ2n) is 6.38. The zero-order valence-electron chi connectivity index (χ0n) is 15.0. The van der Waals surface area contributed by atoms with Crippen molar-refractivity contribution in [2.75, 3.05) is 26.9 Å². The Balaban J connectivity index is 2.42. The Morgan fingerprint density at radius 1 is 0.875 bits per heavy atom. The van der Waals surface area contributed by atoms with Crippen LogP contribution in [0.5, 0.6) is 0 Å². The maximum atomic E-state index is 12.0. The Bertz CT molecular complexity index is 507. The van der Waals surface area contributed by atoms with Gasteiger partial charge < -0.3 is 14.2 Å². The average molecular weight is 336 g/mol. The highest BCUT2D eigenvalue weighted by molar-refractivity contribution is 5.93. The molecule has 1 atom stereocenters. The summed E-state index contributed by atoms with van der Waals surface area (Å²) in [5, 5.41) is 0. The molecule has 0 aliphatic heterocycles. The van der Waals surface area contributed by atoms with Gasteiger partial charge in [-0.3, -0.25) is 0 Å². The molecule has 1 rings (SSSR count). The third kappa shape index (κ3) is 7.59. The molecule has 24 heavy (non-hydrogen) atoms. The van der Waals surface area contributed by atoms with Crippen molar-refractivity contribution in [1.82, 2.24) is 0 Å². The minimum Gasteiger partial charge on any atom is -0.462 e. The minimum absolute atomic E-state index is 0.287. The minimum atomic E-state index is -0.379. The molecule has 0 saturated carbocycles. The molecule has 0 amide bonds. The molecule has 0 aliphatic rings. The van der Waals surface area contributed by atoms with Gasteiger partial charge in [-0.15, -0.1) is 0 Å². The summed E-state index contributed by atoms with van der Waals surface area (Å²) >= 11 is 0. The van der Waals surface area contributed by atoms with Gasteiger partial charge in [0.2, 0.25) is 0 Å².